The third-order valence-electron chi connectivity index (χ3n) is 7.80. The lowest BCUT2D eigenvalue weighted by molar-refractivity contribution is -0.140. The van der Waals surface area contributed by atoms with E-state index in [0.717, 1.165) is 18.7 Å². The van der Waals surface area contributed by atoms with Crippen molar-refractivity contribution < 1.29 is 19.4 Å². The molecule has 6 heteroatoms. The molecule has 1 saturated carbocycles. The first-order valence-electron chi connectivity index (χ1n) is 10.2. The third kappa shape index (κ3) is 1.85. The van der Waals surface area contributed by atoms with E-state index in [0.29, 0.717) is 31.6 Å². The molecule has 7 rings (SSSR count). The molecular weight excluding hydrogens is 356 g/mol. The van der Waals surface area contributed by atoms with Gasteiger partial charge in [-0.3, -0.25) is 9.59 Å². The van der Waals surface area contributed by atoms with Gasteiger partial charge in [-0.15, -0.1) is 0 Å². The number of ether oxygens (including phenoxy) is 1. The molecule has 1 amide bonds. The van der Waals surface area contributed by atoms with Gasteiger partial charge < -0.3 is 19.6 Å². The van der Waals surface area contributed by atoms with Gasteiger partial charge in [0.25, 0.3) is 0 Å². The van der Waals surface area contributed by atoms with Crippen molar-refractivity contribution in [3.05, 3.63) is 35.4 Å². The molecule has 1 aliphatic carbocycles. The summed E-state index contributed by atoms with van der Waals surface area (Å²) < 4.78 is 6.17. The fourth-order valence-corrected chi connectivity index (χ4v) is 6.71. The lowest BCUT2D eigenvalue weighted by atomic mass is 9.55. The van der Waals surface area contributed by atoms with Crippen molar-refractivity contribution in [1.29, 1.82) is 0 Å². The van der Waals surface area contributed by atoms with Gasteiger partial charge in [0.15, 0.2) is 0 Å². The number of anilines is 1. The number of phenols is 1. The van der Waals surface area contributed by atoms with Crippen molar-refractivity contribution in [3.8, 4) is 5.75 Å². The number of carbonyl (C=O) groups is 2. The van der Waals surface area contributed by atoms with Crippen LogP contribution in [0.15, 0.2) is 29.8 Å². The summed E-state index contributed by atoms with van der Waals surface area (Å²) in [6, 6.07) is 5.10. The Morgan fingerprint density at radius 1 is 1.25 bits per heavy atom. The molecule has 5 atom stereocenters. The maximum Gasteiger partial charge on any atom is 0.230 e. The van der Waals surface area contributed by atoms with E-state index in [-0.39, 0.29) is 41.4 Å². The van der Waals surface area contributed by atoms with Crippen LogP contribution < -0.4 is 4.90 Å². The standard InChI is InChI=1S/C22H24N2O4/c1-23-7-6-22-14-3-2-4-15(25)20(14)24-18(27)10-16-19(21(22)24)13(9-17(22)26)12(11-23)5-8-28-16/h2-5,13,16,19,21,25H,6-11H2,1H3/t13-,16-,19-,21+,22+/m0/s1. The van der Waals surface area contributed by atoms with E-state index in [1.807, 2.05) is 6.07 Å². The van der Waals surface area contributed by atoms with Gasteiger partial charge in [0, 0.05) is 18.9 Å². The topological polar surface area (TPSA) is 70.1 Å². The van der Waals surface area contributed by atoms with Gasteiger partial charge in [0.2, 0.25) is 5.91 Å². The van der Waals surface area contributed by atoms with Crippen LogP contribution in [0.25, 0.3) is 0 Å². The highest BCUT2D eigenvalue weighted by molar-refractivity contribution is 6.07. The number of para-hydroxylation sites is 1. The zero-order valence-electron chi connectivity index (χ0n) is 15.9. The Labute approximate surface area is 163 Å². The minimum absolute atomic E-state index is 0.0413. The predicted molar refractivity (Wildman–Crippen MR) is 102 cm³/mol. The number of likely N-dealkylation sites (N-methyl/N-ethyl adjacent to an activating group) is 1. The minimum atomic E-state index is -0.749. The number of fused-ring (bicyclic) bond motifs is 6. The van der Waals surface area contributed by atoms with Crippen LogP contribution in [0, 0.1) is 11.8 Å². The van der Waals surface area contributed by atoms with E-state index in [1.165, 1.54) is 5.57 Å². The second kappa shape index (κ2) is 5.45. The van der Waals surface area contributed by atoms with Gasteiger partial charge in [-0.05, 0) is 37.6 Å². The summed E-state index contributed by atoms with van der Waals surface area (Å²) in [7, 11) is 2.10. The second-order valence-corrected chi connectivity index (χ2v) is 9.01. The third-order valence-corrected chi connectivity index (χ3v) is 7.80. The summed E-state index contributed by atoms with van der Waals surface area (Å²) in [5, 5.41) is 10.7. The number of Topliss-reactive ketones (excluding diaryl/α,β-unsaturated/α-hetero) is 1. The Morgan fingerprint density at radius 3 is 2.96 bits per heavy atom. The molecule has 5 heterocycles. The van der Waals surface area contributed by atoms with E-state index in [4.69, 9.17) is 4.74 Å². The fourth-order valence-electron chi connectivity index (χ4n) is 6.71. The Balaban J connectivity index is 1.67. The number of nitrogens with zero attached hydrogens (tertiary/aromatic N) is 2. The molecule has 3 saturated heterocycles. The largest absolute Gasteiger partial charge is 0.506 e. The van der Waals surface area contributed by atoms with Gasteiger partial charge in [0.1, 0.15) is 11.5 Å². The van der Waals surface area contributed by atoms with Crippen molar-refractivity contribution >= 4 is 17.4 Å². The van der Waals surface area contributed by atoms with Crippen molar-refractivity contribution in [2.45, 2.75) is 36.8 Å². The Morgan fingerprint density at radius 2 is 2.11 bits per heavy atom. The maximum absolute atomic E-state index is 13.8. The number of hydrogen-bond donors (Lipinski definition) is 1. The van der Waals surface area contributed by atoms with Gasteiger partial charge in [0.05, 0.1) is 36.3 Å². The molecule has 1 aromatic rings. The fraction of sp³-hybridized carbons (Fsp3) is 0.545. The summed E-state index contributed by atoms with van der Waals surface area (Å²) >= 11 is 0. The number of benzene rings is 1. The summed E-state index contributed by atoms with van der Waals surface area (Å²) in [6.45, 7) is 2.12. The average Bonchev–Trinajstić information content (AvgIpc) is 2.92. The Kier molecular flexibility index (Phi) is 3.26. The first-order chi connectivity index (χ1) is 13.5. The highest BCUT2D eigenvalue weighted by Gasteiger charge is 2.68. The number of amides is 1. The normalized spacial score (nSPS) is 39.0. The molecule has 28 heavy (non-hydrogen) atoms. The summed E-state index contributed by atoms with van der Waals surface area (Å²) in [4.78, 5) is 31.1. The lowest BCUT2D eigenvalue weighted by Crippen LogP contribution is -2.66. The van der Waals surface area contributed by atoms with Gasteiger partial charge in [-0.25, -0.2) is 0 Å². The highest BCUT2D eigenvalue weighted by Crippen LogP contribution is 2.62. The van der Waals surface area contributed by atoms with Crippen LogP contribution in [-0.2, 0) is 19.7 Å². The van der Waals surface area contributed by atoms with E-state index >= 15 is 0 Å². The minimum Gasteiger partial charge on any atom is -0.506 e. The number of carbonyl (C=O) groups excluding carboxylic acids is 2. The predicted octanol–water partition coefficient (Wildman–Crippen LogP) is 1.61. The molecule has 0 unspecified atom stereocenters. The van der Waals surface area contributed by atoms with Crippen molar-refractivity contribution in [3.63, 3.8) is 0 Å². The molecule has 4 fully saturated rings. The van der Waals surface area contributed by atoms with E-state index in [2.05, 4.69) is 18.0 Å². The number of phenolic OH excluding ortho intramolecular Hbond substituents is 1. The quantitative estimate of drug-likeness (QED) is 0.693. The van der Waals surface area contributed by atoms with E-state index in [9.17, 15) is 14.7 Å². The number of rotatable bonds is 0. The molecule has 5 aliphatic heterocycles. The molecule has 6 nitrogen and oxygen atoms in total. The average molecular weight is 380 g/mol. The SMILES string of the molecule is CN1CC[C@]23C(=O)C[C@H]4C(=CCO[C@H]5CC(=O)N(c6c(O)cccc62)[C@@H]3[C@H]54)C1. The highest BCUT2D eigenvalue weighted by atomic mass is 16.5. The zero-order valence-corrected chi connectivity index (χ0v) is 15.9. The van der Waals surface area contributed by atoms with Crippen LogP contribution >= 0.6 is 0 Å². The molecule has 0 aromatic heterocycles. The van der Waals surface area contributed by atoms with Crippen LogP contribution in [-0.4, -0.2) is 60.6 Å². The molecule has 4 bridgehead atoms. The second-order valence-electron chi connectivity index (χ2n) is 9.01. The maximum atomic E-state index is 13.8. The van der Waals surface area contributed by atoms with E-state index < -0.39 is 5.41 Å². The summed E-state index contributed by atoms with van der Waals surface area (Å²) in [5.41, 5.74) is 1.91. The first-order valence-corrected chi connectivity index (χ1v) is 10.2. The van der Waals surface area contributed by atoms with Crippen LogP contribution in [0.4, 0.5) is 5.69 Å². The smallest absolute Gasteiger partial charge is 0.230 e. The first kappa shape index (κ1) is 16.7. The van der Waals surface area contributed by atoms with Gasteiger partial charge >= 0.3 is 0 Å². The lowest BCUT2D eigenvalue weighted by Gasteiger charge is -2.53. The molecule has 6 aliphatic rings. The van der Waals surface area contributed by atoms with Crippen molar-refractivity contribution in [2.24, 2.45) is 11.8 Å². The van der Waals surface area contributed by atoms with Crippen LogP contribution in [0.1, 0.15) is 24.8 Å². The summed E-state index contributed by atoms with van der Waals surface area (Å²) in [6.07, 6.45) is 3.44. The molecule has 1 N–H and O–H groups in total. The molecule has 1 spiro atoms. The molecule has 0 radical (unpaired) electrons. The zero-order chi connectivity index (χ0) is 19.2. The van der Waals surface area contributed by atoms with Gasteiger partial charge in [-0.1, -0.05) is 23.8 Å². The molecular formula is C22H24N2O4. The Bertz CT molecular complexity index is 940. The number of hydrogen-bond acceptors (Lipinski definition) is 5. The number of aromatic hydroxyl groups is 1. The van der Waals surface area contributed by atoms with Gasteiger partial charge in [-0.2, -0.15) is 0 Å². The van der Waals surface area contributed by atoms with Crippen molar-refractivity contribution in [1.82, 2.24) is 4.90 Å². The van der Waals surface area contributed by atoms with Crippen LogP contribution in [0.3, 0.4) is 0 Å². The van der Waals surface area contributed by atoms with E-state index in [1.54, 1.807) is 17.0 Å². The molecule has 146 valence electrons. The van der Waals surface area contributed by atoms with Crippen LogP contribution in [0.2, 0.25) is 0 Å². The van der Waals surface area contributed by atoms with Crippen LogP contribution in [0.5, 0.6) is 5.75 Å². The number of piperidine rings is 1. The van der Waals surface area contributed by atoms with Crippen molar-refractivity contribution in [2.75, 3.05) is 31.6 Å². The monoisotopic (exact) mass is 380 g/mol. The summed E-state index contributed by atoms with van der Waals surface area (Å²) in [5.74, 6) is 0.455. The number of ketones is 1. The Hall–Kier alpha value is -2.18. The molecule has 1 aromatic carbocycles.